The molecule has 0 aliphatic heterocycles. The Kier molecular flexibility index (Phi) is 3.15. The maximum absolute atomic E-state index is 11.2. The first-order chi connectivity index (χ1) is 9.66. The van der Waals surface area contributed by atoms with Crippen molar-refractivity contribution in [2.45, 2.75) is 19.8 Å². The standard InChI is InChI=1S/C18H16O2/c1-12-5-2-3-7-15(12)16-8-4-6-13-9-10-14(18(19)20)11-17(13)16/h2-3,5,7-11H,4,6H2,1H3,(H,19,20). The smallest absolute Gasteiger partial charge is 0.335 e. The molecule has 1 aliphatic rings. The molecule has 0 unspecified atom stereocenters. The van der Waals surface area contributed by atoms with Crippen molar-refractivity contribution in [2.24, 2.45) is 0 Å². The molecule has 0 spiro atoms. The lowest BCUT2D eigenvalue weighted by molar-refractivity contribution is 0.0697. The summed E-state index contributed by atoms with van der Waals surface area (Å²) in [6.45, 7) is 2.09. The summed E-state index contributed by atoms with van der Waals surface area (Å²) in [5, 5.41) is 9.18. The molecule has 2 heteroatoms. The van der Waals surface area contributed by atoms with Gasteiger partial charge in [0.05, 0.1) is 5.56 Å². The van der Waals surface area contributed by atoms with Gasteiger partial charge in [0.25, 0.3) is 0 Å². The van der Waals surface area contributed by atoms with Crippen LogP contribution in [-0.2, 0) is 6.42 Å². The SMILES string of the molecule is Cc1ccccc1C1=CCCc2ccc(C(=O)O)cc21. The van der Waals surface area contributed by atoms with E-state index in [1.807, 2.05) is 18.2 Å². The van der Waals surface area contributed by atoms with Crippen molar-refractivity contribution in [2.75, 3.05) is 0 Å². The van der Waals surface area contributed by atoms with E-state index in [0.717, 1.165) is 24.0 Å². The summed E-state index contributed by atoms with van der Waals surface area (Å²) in [6, 6.07) is 13.7. The third-order valence-electron chi connectivity index (χ3n) is 3.84. The van der Waals surface area contributed by atoms with Gasteiger partial charge in [0.15, 0.2) is 0 Å². The van der Waals surface area contributed by atoms with E-state index in [-0.39, 0.29) is 0 Å². The third-order valence-corrected chi connectivity index (χ3v) is 3.84. The number of hydrogen-bond acceptors (Lipinski definition) is 1. The molecule has 0 amide bonds. The van der Waals surface area contributed by atoms with Gasteiger partial charge >= 0.3 is 5.97 Å². The maximum Gasteiger partial charge on any atom is 0.335 e. The van der Waals surface area contributed by atoms with Gasteiger partial charge in [-0.2, -0.15) is 0 Å². The zero-order chi connectivity index (χ0) is 14.1. The highest BCUT2D eigenvalue weighted by molar-refractivity contribution is 5.91. The average Bonchev–Trinajstić information content (AvgIpc) is 2.46. The van der Waals surface area contributed by atoms with Crippen molar-refractivity contribution < 1.29 is 9.90 Å². The van der Waals surface area contributed by atoms with Gasteiger partial charge in [-0.1, -0.05) is 36.4 Å². The molecule has 0 aromatic heterocycles. The molecule has 2 nitrogen and oxygen atoms in total. The highest BCUT2D eigenvalue weighted by Crippen LogP contribution is 2.33. The molecule has 2 aromatic rings. The normalized spacial score (nSPS) is 13.6. The lowest BCUT2D eigenvalue weighted by atomic mass is 9.84. The van der Waals surface area contributed by atoms with Crippen LogP contribution < -0.4 is 0 Å². The first kappa shape index (κ1) is 12.7. The maximum atomic E-state index is 11.2. The predicted molar refractivity (Wildman–Crippen MR) is 80.0 cm³/mol. The number of aryl methyl sites for hydroxylation is 2. The third kappa shape index (κ3) is 2.14. The molecule has 0 radical (unpaired) electrons. The van der Waals surface area contributed by atoms with Crippen LogP contribution in [0.5, 0.6) is 0 Å². The second-order valence-electron chi connectivity index (χ2n) is 5.15. The summed E-state index contributed by atoms with van der Waals surface area (Å²) in [7, 11) is 0. The van der Waals surface area contributed by atoms with Gasteiger partial charge in [-0.15, -0.1) is 0 Å². The first-order valence-corrected chi connectivity index (χ1v) is 6.79. The first-order valence-electron chi connectivity index (χ1n) is 6.79. The van der Waals surface area contributed by atoms with Crippen LogP contribution in [0.1, 0.15) is 39.0 Å². The summed E-state index contributed by atoms with van der Waals surface area (Å²) in [6.07, 6.45) is 4.20. The molecule has 0 saturated heterocycles. The van der Waals surface area contributed by atoms with Gasteiger partial charge in [-0.3, -0.25) is 0 Å². The van der Waals surface area contributed by atoms with Crippen molar-refractivity contribution in [1.29, 1.82) is 0 Å². The number of carbonyl (C=O) groups is 1. The fourth-order valence-electron chi connectivity index (χ4n) is 2.79. The van der Waals surface area contributed by atoms with Crippen LogP contribution >= 0.6 is 0 Å². The zero-order valence-corrected chi connectivity index (χ0v) is 11.4. The van der Waals surface area contributed by atoms with Gasteiger partial charge in [-0.05, 0) is 59.7 Å². The van der Waals surface area contributed by atoms with E-state index < -0.39 is 5.97 Å². The zero-order valence-electron chi connectivity index (χ0n) is 11.4. The number of aromatic carboxylic acids is 1. The molecule has 0 saturated carbocycles. The Morgan fingerprint density at radius 2 is 1.90 bits per heavy atom. The largest absolute Gasteiger partial charge is 0.478 e. The quantitative estimate of drug-likeness (QED) is 0.887. The highest BCUT2D eigenvalue weighted by atomic mass is 16.4. The van der Waals surface area contributed by atoms with Crippen molar-refractivity contribution in [3.63, 3.8) is 0 Å². The Morgan fingerprint density at radius 3 is 2.65 bits per heavy atom. The van der Waals surface area contributed by atoms with Crippen LogP contribution in [0.15, 0.2) is 48.5 Å². The Hall–Kier alpha value is -2.35. The molecular weight excluding hydrogens is 248 g/mol. The fraction of sp³-hybridized carbons (Fsp3) is 0.167. The lowest BCUT2D eigenvalue weighted by Gasteiger charge is -2.20. The van der Waals surface area contributed by atoms with Gasteiger partial charge in [0.1, 0.15) is 0 Å². The van der Waals surface area contributed by atoms with E-state index in [2.05, 4.69) is 25.1 Å². The second-order valence-corrected chi connectivity index (χ2v) is 5.15. The number of rotatable bonds is 2. The molecule has 100 valence electrons. The fourth-order valence-corrected chi connectivity index (χ4v) is 2.79. The Balaban J connectivity index is 2.17. The van der Waals surface area contributed by atoms with Gasteiger partial charge in [0, 0.05) is 0 Å². The average molecular weight is 264 g/mol. The summed E-state index contributed by atoms with van der Waals surface area (Å²) in [5.74, 6) is -0.873. The molecule has 0 heterocycles. The Labute approximate surface area is 118 Å². The van der Waals surface area contributed by atoms with Gasteiger partial charge in [0.2, 0.25) is 0 Å². The Bertz CT molecular complexity index is 711. The minimum absolute atomic E-state index is 0.352. The molecule has 1 N–H and O–H groups in total. The second kappa shape index (κ2) is 4.97. The molecule has 1 aliphatic carbocycles. The van der Waals surface area contributed by atoms with Crippen LogP contribution in [0.25, 0.3) is 5.57 Å². The van der Waals surface area contributed by atoms with Crippen molar-refractivity contribution in [1.82, 2.24) is 0 Å². The molecule has 0 atom stereocenters. The number of hydrogen-bond donors (Lipinski definition) is 1. The van der Waals surface area contributed by atoms with Gasteiger partial charge in [-0.25, -0.2) is 4.79 Å². The van der Waals surface area contributed by atoms with E-state index in [9.17, 15) is 9.90 Å². The monoisotopic (exact) mass is 264 g/mol. The molecule has 0 bridgehead atoms. The van der Waals surface area contributed by atoms with Crippen LogP contribution in [0, 0.1) is 6.92 Å². The number of carboxylic acid groups (broad SMARTS) is 1. The molecule has 20 heavy (non-hydrogen) atoms. The van der Waals surface area contributed by atoms with Crippen molar-refractivity contribution in [3.8, 4) is 0 Å². The number of benzene rings is 2. The van der Waals surface area contributed by atoms with Crippen LogP contribution in [0.4, 0.5) is 0 Å². The minimum atomic E-state index is -0.873. The molecule has 2 aromatic carbocycles. The van der Waals surface area contributed by atoms with Crippen molar-refractivity contribution in [3.05, 3.63) is 76.4 Å². The number of carboxylic acids is 1. The van der Waals surface area contributed by atoms with Gasteiger partial charge < -0.3 is 5.11 Å². The summed E-state index contributed by atoms with van der Waals surface area (Å²) >= 11 is 0. The predicted octanol–water partition coefficient (Wildman–Crippen LogP) is 4.07. The summed E-state index contributed by atoms with van der Waals surface area (Å²) < 4.78 is 0. The highest BCUT2D eigenvalue weighted by Gasteiger charge is 2.17. The van der Waals surface area contributed by atoms with E-state index in [1.54, 1.807) is 12.1 Å². The molecule has 3 rings (SSSR count). The topological polar surface area (TPSA) is 37.3 Å². The van der Waals surface area contributed by atoms with Crippen molar-refractivity contribution >= 4 is 11.5 Å². The van der Waals surface area contributed by atoms with E-state index in [0.29, 0.717) is 5.56 Å². The van der Waals surface area contributed by atoms with Crippen LogP contribution in [-0.4, -0.2) is 11.1 Å². The lowest BCUT2D eigenvalue weighted by Crippen LogP contribution is -2.05. The number of fused-ring (bicyclic) bond motifs is 1. The number of allylic oxidation sites excluding steroid dienone is 1. The minimum Gasteiger partial charge on any atom is -0.478 e. The van der Waals surface area contributed by atoms with Crippen LogP contribution in [0.2, 0.25) is 0 Å². The van der Waals surface area contributed by atoms with E-state index in [4.69, 9.17) is 0 Å². The van der Waals surface area contributed by atoms with E-state index >= 15 is 0 Å². The summed E-state index contributed by atoms with van der Waals surface area (Å²) in [5.41, 5.74) is 6.21. The Morgan fingerprint density at radius 1 is 1.10 bits per heavy atom. The molecular formula is C18H16O2. The van der Waals surface area contributed by atoms with E-state index in [1.165, 1.54) is 16.7 Å². The summed E-state index contributed by atoms with van der Waals surface area (Å²) in [4.78, 5) is 11.2. The molecule has 0 fully saturated rings. The van der Waals surface area contributed by atoms with Crippen LogP contribution in [0.3, 0.4) is 0 Å².